The smallest absolute Gasteiger partial charge is 0.152 e. The maximum absolute atomic E-state index is 11.9. The minimum Gasteiger partial charge on any atom is -0.324 e. The van der Waals surface area contributed by atoms with Crippen LogP contribution in [0.15, 0.2) is 0 Å². The average molecular weight is 247 g/mol. The summed E-state index contributed by atoms with van der Waals surface area (Å²) in [4.78, 5) is 0. The largest absolute Gasteiger partial charge is 0.324 e. The van der Waals surface area contributed by atoms with E-state index in [0.717, 1.165) is 32.1 Å². The Morgan fingerprint density at radius 3 is 2.25 bits per heavy atom. The van der Waals surface area contributed by atoms with Crippen LogP contribution in [0.4, 0.5) is 0 Å². The first kappa shape index (κ1) is 14.0. The first-order chi connectivity index (χ1) is 7.33. The summed E-state index contributed by atoms with van der Waals surface area (Å²) in [5.41, 5.74) is 5.74. The highest BCUT2D eigenvalue weighted by molar-refractivity contribution is 7.91. The lowest BCUT2D eigenvalue weighted by molar-refractivity contribution is 0.323. The number of nitrogens with two attached hydrogens (primary N) is 1. The Kier molecular flexibility index (Phi) is 4.80. The van der Waals surface area contributed by atoms with Gasteiger partial charge in [0.1, 0.15) is 0 Å². The molecule has 1 aliphatic rings. The molecule has 0 heterocycles. The molecule has 0 aromatic rings. The van der Waals surface area contributed by atoms with Gasteiger partial charge in [-0.25, -0.2) is 8.42 Å². The molecule has 0 spiro atoms. The number of rotatable bonds is 5. The van der Waals surface area contributed by atoms with Crippen molar-refractivity contribution in [3.63, 3.8) is 0 Å². The summed E-state index contributed by atoms with van der Waals surface area (Å²) in [7, 11) is -2.96. The predicted octanol–water partition coefficient (Wildman–Crippen LogP) is 2.11. The number of hydrogen-bond acceptors (Lipinski definition) is 3. The summed E-state index contributed by atoms with van der Waals surface area (Å²) < 4.78 is 23.9. The summed E-state index contributed by atoms with van der Waals surface area (Å²) >= 11 is 0. The second-order valence-corrected chi connectivity index (χ2v) is 7.88. The van der Waals surface area contributed by atoms with Crippen molar-refractivity contribution in [3.05, 3.63) is 0 Å². The molecule has 0 saturated heterocycles. The fraction of sp³-hybridized carbons (Fsp3) is 1.00. The SMILES string of the molecule is CC(C)CCS(=O)(=O)CC1(N)CCCCC1. The molecule has 0 atom stereocenters. The van der Waals surface area contributed by atoms with Gasteiger partial charge in [0, 0.05) is 5.54 Å². The number of hydrogen-bond donors (Lipinski definition) is 1. The fourth-order valence-electron chi connectivity index (χ4n) is 2.33. The van der Waals surface area contributed by atoms with Crippen LogP contribution in [-0.4, -0.2) is 25.5 Å². The molecule has 0 aliphatic heterocycles. The van der Waals surface area contributed by atoms with Crippen LogP contribution in [0.2, 0.25) is 0 Å². The van der Waals surface area contributed by atoms with Crippen molar-refractivity contribution in [1.29, 1.82) is 0 Å². The van der Waals surface area contributed by atoms with Crippen LogP contribution in [0, 0.1) is 5.92 Å². The summed E-state index contributed by atoms with van der Waals surface area (Å²) in [6, 6.07) is 0. The topological polar surface area (TPSA) is 60.2 Å². The summed E-state index contributed by atoms with van der Waals surface area (Å²) in [5, 5.41) is 0. The Bertz CT molecular complexity index is 303. The van der Waals surface area contributed by atoms with E-state index in [2.05, 4.69) is 0 Å². The summed E-state index contributed by atoms with van der Waals surface area (Å²) in [6.45, 7) is 4.10. The van der Waals surface area contributed by atoms with Gasteiger partial charge in [-0.3, -0.25) is 0 Å². The lowest BCUT2D eigenvalue weighted by Gasteiger charge is -2.33. The number of sulfone groups is 1. The van der Waals surface area contributed by atoms with Gasteiger partial charge in [0.15, 0.2) is 9.84 Å². The van der Waals surface area contributed by atoms with E-state index in [0.29, 0.717) is 11.7 Å². The first-order valence-corrected chi connectivity index (χ1v) is 8.14. The zero-order valence-electron chi connectivity index (χ0n) is 10.5. The molecule has 0 unspecified atom stereocenters. The zero-order valence-corrected chi connectivity index (χ0v) is 11.4. The molecule has 0 radical (unpaired) electrons. The minimum absolute atomic E-state index is 0.187. The van der Waals surface area contributed by atoms with Crippen molar-refractivity contribution < 1.29 is 8.42 Å². The van der Waals surface area contributed by atoms with Crippen molar-refractivity contribution in [2.45, 2.75) is 57.9 Å². The van der Waals surface area contributed by atoms with Gasteiger partial charge in [0.25, 0.3) is 0 Å². The van der Waals surface area contributed by atoms with Gasteiger partial charge in [-0.15, -0.1) is 0 Å². The third kappa shape index (κ3) is 4.83. The van der Waals surface area contributed by atoms with E-state index in [9.17, 15) is 8.42 Å². The highest BCUT2D eigenvalue weighted by Gasteiger charge is 2.32. The van der Waals surface area contributed by atoms with Gasteiger partial charge in [0.2, 0.25) is 0 Å². The molecule has 2 N–H and O–H groups in total. The molecular formula is C12H25NO2S. The van der Waals surface area contributed by atoms with Crippen LogP contribution in [-0.2, 0) is 9.84 Å². The van der Waals surface area contributed by atoms with Crippen LogP contribution in [0.1, 0.15) is 52.4 Å². The lowest BCUT2D eigenvalue weighted by Crippen LogP contribution is -2.48. The van der Waals surface area contributed by atoms with E-state index in [1.165, 1.54) is 6.42 Å². The molecule has 3 nitrogen and oxygen atoms in total. The lowest BCUT2D eigenvalue weighted by atomic mass is 9.84. The highest BCUT2D eigenvalue weighted by Crippen LogP contribution is 2.27. The standard InChI is InChI=1S/C12H25NO2S/c1-11(2)6-9-16(14,15)10-12(13)7-4-3-5-8-12/h11H,3-10,13H2,1-2H3. The quantitative estimate of drug-likeness (QED) is 0.809. The Morgan fingerprint density at radius 2 is 1.75 bits per heavy atom. The molecule has 16 heavy (non-hydrogen) atoms. The molecule has 1 saturated carbocycles. The van der Waals surface area contributed by atoms with Crippen molar-refractivity contribution in [2.75, 3.05) is 11.5 Å². The Labute approximate surface area is 99.7 Å². The predicted molar refractivity (Wildman–Crippen MR) is 68.1 cm³/mol. The van der Waals surface area contributed by atoms with Gasteiger partial charge in [-0.1, -0.05) is 33.1 Å². The summed E-state index contributed by atoms with van der Waals surface area (Å²) in [5.74, 6) is 0.922. The molecule has 1 fully saturated rings. The minimum atomic E-state index is -2.96. The Balaban J connectivity index is 2.50. The van der Waals surface area contributed by atoms with E-state index in [1.807, 2.05) is 13.8 Å². The van der Waals surface area contributed by atoms with Gasteiger partial charge in [0.05, 0.1) is 11.5 Å². The van der Waals surface area contributed by atoms with Crippen LogP contribution in [0.25, 0.3) is 0 Å². The van der Waals surface area contributed by atoms with E-state index in [4.69, 9.17) is 5.73 Å². The molecule has 4 heteroatoms. The maximum atomic E-state index is 11.9. The third-order valence-electron chi connectivity index (χ3n) is 3.36. The van der Waals surface area contributed by atoms with Crippen molar-refractivity contribution >= 4 is 9.84 Å². The average Bonchev–Trinajstić information content (AvgIpc) is 2.14. The molecular weight excluding hydrogens is 222 g/mol. The Hall–Kier alpha value is -0.0900. The van der Waals surface area contributed by atoms with Crippen LogP contribution in [0.3, 0.4) is 0 Å². The van der Waals surface area contributed by atoms with Crippen molar-refractivity contribution in [2.24, 2.45) is 11.7 Å². The molecule has 1 rings (SSSR count). The van der Waals surface area contributed by atoms with E-state index >= 15 is 0 Å². The second kappa shape index (κ2) is 5.50. The van der Waals surface area contributed by atoms with E-state index in [1.54, 1.807) is 0 Å². The van der Waals surface area contributed by atoms with E-state index in [-0.39, 0.29) is 5.75 Å². The first-order valence-electron chi connectivity index (χ1n) is 6.32. The van der Waals surface area contributed by atoms with Crippen LogP contribution >= 0.6 is 0 Å². The molecule has 1 aliphatic carbocycles. The summed E-state index contributed by atoms with van der Waals surface area (Å²) in [6.07, 6.45) is 5.84. The second-order valence-electron chi connectivity index (χ2n) is 5.70. The molecule has 0 aromatic carbocycles. The molecule has 0 aromatic heterocycles. The zero-order chi connectivity index (χ0) is 12.2. The van der Waals surface area contributed by atoms with Crippen LogP contribution < -0.4 is 5.73 Å². The van der Waals surface area contributed by atoms with Gasteiger partial charge in [-0.05, 0) is 25.2 Å². The Morgan fingerprint density at radius 1 is 1.19 bits per heavy atom. The fourth-order valence-corrected chi connectivity index (χ4v) is 4.47. The van der Waals surface area contributed by atoms with Gasteiger partial charge < -0.3 is 5.73 Å². The van der Waals surface area contributed by atoms with Crippen molar-refractivity contribution in [3.8, 4) is 0 Å². The third-order valence-corrected chi connectivity index (χ3v) is 5.24. The molecule has 0 amide bonds. The monoisotopic (exact) mass is 247 g/mol. The highest BCUT2D eigenvalue weighted by atomic mass is 32.2. The van der Waals surface area contributed by atoms with E-state index < -0.39 is 15.4 Å². The van der Waals surface area contributed by atoms with Gasteiger partial charge >= 0.3 is 0 Å². The van der Waals surface area contributed by atoms with Gasteiger partial charge in [-0.2, -0.15) is 0 Å². The van der Waals surface area contributed by atoms with Crippen LogP contribution in [0.5, 0.6) is 0 Å². The van der Waals surface area contributed by atoms with Crippen molar-refractivity contribution in [1.82, 2.24) is 0 Å². The molecule has 96 valence electrons. The molecule has 0 bridgehead atoms. The maximum Gasteiger partial charge on any atom is 0.152 e. The normalized spacial score (nSPS) is 21.2.